The summed E-state index contributed by atoms with van der Waals surface area (Å²) in [5.74, 6) is -1.25. The number of hydrogen-bond donors (Lipinski definition) is 2. The number of amides is 1. The Morgan fingerprint density at radius 1 is 1.25 bits per heavy atom. The molecule has 6 nitrogen and oxygen atoms in total. The molecule has 0 fully saturated rings. The zero-order valence-corrected chi connectivity index (χ0v) is 14.1. The molecule has 2 aromatic rings. The Morgan fingerprint density at radius 3 is 2.62 bits per heavy atom. The van der Waals surface area contributed by atoms with Crippen molar-refractivity contribution >= 4 is 33.2 Å². The first-order valence-electron chi connectivity index (χ1n) is 6.71. The maximum Gasteiger partial charge on any atom is 0.244 e. The molecule has 0 atom stereocenters. The number of anilines is 1. The molecule has 24 heavy (non-hydrogen) atoms. The Hall–Kier alpha value is -2.16. The summed E-state index contributed by atoms with van der Waals surface area (Å²) < 4.78 is 45.1. The highest BCUT2D eigenvalue weighted by atomic mass is 35.5. The van der Waals surface area contributed by atoms with E-state index >= 15 is 0 Å². The Kier molecular flexibility index (Phi) is 5.76. The van der Waals surface area contributed by atoms with Crippen LogP contribution in [0.4, 0.5) is 10.1 Å². The number of carbonyl (C=O) groups is 1. The topological polar surface area (TPSA) is 84.5 Å². The van der Waals surface area contributed by atoms with Gasteiger partial charge < -0.3 is 10.1 Å². The quantitative estimate of drug-likeness (QED) is 0.815. The van der Waals surface area contributed by atoms with Crippen molar-refractivity contribution in [3.8, 4) is 5.75 Å². The van der Waals surface area contributed by atoms with Crippen molar-refractivity contribution in [2.24, 2.45) is 0 Å². The van der Waals surface area contributed by atoms with Crippen LogP contribution in [-0.4, -0.2) is 28.0 Å². The number of halogens is 2. The molecule has 0 saturated heterocycles. The van der Waals surface area contributed by atoms with Gasteiger partial charge in [-0.05, 0) is 30.3 Å². The van der Waals surface area contributed by atoms with Crippen molar-refractivity contribution in [1.29, 1.82) is 0 Å². The molecular weight excluding hydrogens is 359 g/mol. The normalized spacial score (nSPS) is 11.1. The summed E-state index contributed by atoms with van der Waals surface area (Å²) in [6.45, 7) is -0.577. The second-order valence-electron chi connectivity index (χ2n) is 4.65. The fraction of sp³-hybridized carbons (Fsp3) is 0.133. The predicted octanol–water partition coefficient (Wildman–Crippen LogP) is 2.40. The summed E-state index contributed by atoms with van der Waals surface area (Å²) in [7, 11) is -2.72. The first kappa shape index (κ1) is 18.2. The zero-order chi connectivity index (χ0) is 17.7. The third-order valence-electron chi connectivity index (χ3n) is 2.99. The number of carbonyl (C=O) groups excluding carboxylic acids is 1. The lowest BCUT2D eigenvalue weighted by atomic mass is 10.3. The van der Waals surface area contributed by atoms with Gasteiger partial charge in [0.25, 0.3) is 0 Å². The molecule has 2 rings (SSSR count). The molecule has 2 N–H and O–H groups in total. The first-order chi connectivity index (χ1) is 11.3. The van der Waals surface area contributed by atoms with Crippen molar-refractivity contribution < 1.29 is 22.3 Å². The minimum atomic E-state index is -4.04. The molecular formula is C15H14ClFN2O4S. The van der Waals surface area contributed by atoms with Crippen LogP contribution in [0.5, 0.6) is 5.75 Å². The molecule has 0 saturated carbocycles. The van der Waals surface area contributed by atoms with E-state index in [4.69, 9.17) is 16.3 Å². The standard InChI is InChI=1S/C15H14ClFN2O4S/c1-23-13-7-6-10(16)8-14(13)24(21,22)18-9-15(20)19-12-5-3-2-4-11(12)17/h2-8,18H,9H2,1H3,(H,19,20). The van der Waals surface area contributed by atoms with Crippen LogP contribution in [0.3, 0.4) is 0 Å². The highest BCUT2D eigenvalue weighted by Gasteiger charge is 2.21. The van der Waals surface area contributed by atoms with Crippen molar-refractivity contribution in [2.45, 2.75) is 4.90 Å². The average Bonchev–Trinajstić information content (AvgIpc) is 2.55. The van der Waals surface area contributed by atoms with Gasteiger partial charge in [0.2, 0.25) is 15.9 Å². The Morgan fingerprint density at radius 2 is 1.96 bits per heavy atom. The SMILES string of the molecule is COc1ccc(Cl)cc1S(=O)(=O)NCC(=O)Nc1ccccc1F. The summed E-state index contributed by atoms with van der Waals surface area (Å²) >= 11 is 5.80. The summed E-state index contributed by atoms with van der Waals surface area (Å²) in [6, 6.07) is 9.63. The van der Waals surface area contributed by atoms with Crippen LogP contribution in [0.15, 0.2) is 47.4 Å². The van der Waals surface area contributed by atoms with Crippen LogP contribution < -0.4 is 14.8 Å². The summed E-state index contributed by atoms with van der Waals surface area (Å²) in [5, 5.41) is 2.48. The fourth-order valence-corrected chi connectivity index (χ4v) is 3.27. The van der Waals surface area contributed by atoms with E-state index in [9.17, 15) is 17.6 Å². The number of nitrogens with one attached hydrogen (secondary N) is 2. The van der Waals surface area contributed by atoms with Crippen molar-refractivity contribution in [3.05, 3.63) is 53.3 Å². The van der Waals surface area contributed by atoms with Gasteiger partial charge in [0.1, 0.15) is 16.5 Å². The highest BCUT2D eigenvalue weighted by molar-refractivity contribution is 7.89. The minimum absolute atomic E-state index is 0.0398. The van der Waals surface area contributed by atoms with Crippen molar-refractivity contribution in [3.63, 3.8) is 0 Å². The molecule has 9 heteroatoms. The number of benzene rings is 2. The van der Waals surface area contributed by atoms with Gasteiger partial charge >= 0.3 is 0 Å². The van der Waals surface area contributed by atoms with Gasteiger partial charge in [0.05, 0.1) is 19.3 Å². The van der Waals surface area contributed by atoms with Gasteiger partial charge in [-0.15, -0.1) is 0 Å². The largest absolute Gasteiger partial charge is 0.495 e. The van der Waals surface area contributed by atoms with Gasteiger partial charge in [-0.3, -0.25) is 4.79 Å². The molecule has 0 spiro atoms. The summed E-state index contributed by atoms with van der Waals surface area (Å²) in [6.07, 6.45) is 0. The van der Waals surface area contributed by atoms with Crippen LogP contribution in [0.1, 0.15) is 0 Å². The van der Waals surface area contributed by atoms with Crippen LogP contribution >= 0.6 is 11.6 Å². The molecule has 0 radical (unpaired) electrons. The summed E-state index contributed by atoms with van der Waals surface area (Å²) in [4.78, 5) is 11.6. The molecule has 1 amide bonds. The van der Waals surface area contributed by atoms with Gasteiger partial charge in [0, 0.05) is 5.02 Å². The molecule has 128 valence electrons. The van der Waals surface area contributed by atoms with E-state index in [2.05, 4.69) is 10.0 Å². The monoisotopic (exact) mass is 372 g/mol. The summed E-state index contributed by atoms with van der Waals surface area (Å²) in [5.41, 5.74) is -0.0398. The zero-order valence-electron chi connectivity index (χ0n) is 12.5. The number of sulfonamides is 1. The van der Waals surface area contributed by atoms with E-state index in [1.165, 1.54) is 43.5 Å². The Bertz CT molecular complexity index is 858. The second-order valence-corrected chi connectivity index (χ2v) is 6.82. The lowest BCUT2D eigenvalue weighted by molar-refractivity contribution is -0.115. The Balaban J connectivity index is 2.09. The number of para-hydroxylation sites is 1. The molecule has 0 unspecified atom stereocenters. The van der Waals surface area contributed by atoms with Gasteiger partial charge in [0.15, 0.2) is 0 Å². The van der Waals surface area contributed by atoms with E-state index in [1.54, 1.807) is 6.07 Å². The second kappa shape index (κ2) is 7.61. The third kappa shape index (κ3) is 4.44. The van der Waals surface area contributed by atoms with Gasteiger partial charge in [-0.2, -0.15) is 0 Å². The van der Waals surface area contributed by atoms with Crippen LogP contribution in [-0.2, 0) is 14.8 Å². The van der Waals surface area contributed by atoms with Crippen LogP contribution in [0, 0.1) is 5.82 Å². The van der Waals surface area contributed by atoms with Gasteiger partial charge in [-0.1, -0.05) is 23.7 Å². The van der Waals surface area contributed by atoms with E-state index < -0.39 is 28.3 Å². The molecule has 0 aliphatic rings. The maximum atomic E-state index is 13.4. The van der Waals surface area contributed by atoms with E-state index in [1.807, 2.05) is 0 Å². The number of methoxy groups -OCH3 is 1. The van der Waals surface area contributed by atoms with Crippen molar-refractivity contribution in [1.82, 2.24) is 4.72 Å². The minimum Gasteiger partial charge on any atom is -0.495 e. The first-order valence-corrected chi connectivity index (χ1v) is 8.57. The average molecular weight is 373 g/mol. The molecule has 0 aliphatic heterocycles. The molecule has 0 bridgehead atoms. The number of hydrogen-bond acceptors (Lipinski definition) is 4. The lowest BCUT2D eigenvalue weighted by Crippen LogP contribution is -2.33. The maximum absolute atomic E-state index is 13.4. The number of ether oxygens (including phenoxy) is 1. The number of rotatable bonds is 6. The van der Waals surface area contributed by atoms with Gasteiger partial charge in [-0.25, -0.2) is 17.5 Å². The van der Waals surface area contributed by atoms with Crippen LogP contribution in [0.25, 0.3) is 0 Å². The van der Waals surface area contributed by atoms with E-state index in [0.717, 1.165) is 0 Å². The van der Waals surface area contributed by atoms with E-state index in [-0.39, 0.29) is 21.4 Å². The Labute approximate surface area is 143 Å². The smallest absolute Gasteiger partial charge is 0.244 e. The molecule has 0 heterocycles. The van der Waals surface area contributed by atoms with E-state index in [0.29, 0.717) is 0 Å². The third-order valence-corrected chi connectivity index (χ3v) is 4.64. The molecule has 0 aromatic heterocycles. The lowest BCUT2D eigenvalue weighted by Gasteiger charge is -2.11. The predicted molar refractivity (Wildman–Crippen MR) is 88.2 cm³/mol. The van der Waals surface area contributed by atoms with Crippen molar-refractivity contribution in [2.75, 3.05) is 19.0 Å². The van der Waals surface area contributed by atoms with Crippen LogP contribution in [0.2, 0.25) is 5.02 Å². The molecule has 2 aromatic carbocycles. The molecule has 0 aliphatic carbocycles. The highest BCUT2D eigenvalue weighted by Crippen LogP contribution is 2.26. The fourth-order valence-electron chi connectivity index (χ4n) is 1.86.